The van der Waals surface area contributed by atoms with Crippen LogP contribution in [0, 0.1) is 22.7 Å². The highest BCUT2D eigenvalue weighted by atomic mass is 16.3. The predicted molar refractivity (Wildman–Crippen MR) is 188 cm³/mol. The Morgan fingerprint density at radius 1 is 0.792 bits per heavy atom. The Balaban J connectivity index is 1.23. The Bertz CT molecular complexity index is 1610. The van der Waals surface area contributed by atoms with E-state index in [-0.39, 0.29) is 58.8 Å². The minimum absolute atomic E-state index is 0.0340. The first kappa shape index (κ1) is 34.6. The van der Waals surface area contributed by atoms with E-state index in [0.717, 1.165) is 75.3 Å². The lowest BCUT2D eigenvalue weighted by Gasteiger charge is -2.56. The minimum Gasteiger partial charge on any atom is -0.508 e. The SMILES string of the molecule is CC(C)N[C@@H](CO)C(=O)Nc1ccc2c(c1)[C@@]1(C)CCC[C@](C)(C(=O)NC(=O)[C@@]3(C)CCC[C@]4(C)c5cc(O)ccc5CC[C@@H]34)[C@@H]1CC2. The molecule has 0 aliphatic heterocycles. The summed E-state index contributed by atoms with van der Waals surface area (Å²) >= 11 is 0. The highest BCUT2D eigenvalue weighted by Crippen LogP contribution is 2.59. The second kappa shape index (κ2) is 12.6. The molecule has 2 aromatic carbocycles. The largest absolute Gasteiger partial charge is 0.508 e. The number of nitrogens with one attached hydrogen (secondary N) is 3. The summed E-state index contributed by atoms with van der Waals surface area (Å²) in [6, 6.07) is 11.1. The first-order chi connectivity index (χ1) is 22.7. The molecule has 4 aliphatic rings. The van der Waals surface area contributed by atoms with Crippen LogP contribution in [0.5, 0.6) is 5.75 Å². The average Bonchev–Trinajstić information content (AvgIpc) is 3.03. The molecule has 5 N–H and O–H groups in total. The Hall–Kier alpha value is -3.23. The second-order valence-electron chi connectivity index (χ2n) is 16.6. The quantitative estimate of drug-likeness (QED) is 0.231. The number of aliphatic hydroxyl groups is 1. The van der Waals surface area contributed by atoms with E-state index in [0.29, 0.717) is 5.69 Å². The number of rotatable bonds is 7. The molecule has 6 rings (SSSR count). The first-order valence-electron chi connectivity index (χ1n) is 18.1. The molecule has 0 radical (unpaired) electrons. The number of phenols is 1. The van der Waals surface area contributed by atoms with E-state index in [2.05, 4.69) is 55.8 Å². The van der Waals surface area contributed by atoms with Gasteiger partial charge in [-0.05, 0) is 121 Å². The van der Waals surface area contributed by atoms with Crippen LogP contribution in [-0.2, 0) is 38.1 Å². The standard InChI is InChI=1S/C40H55N3O5/c1-24(2)41-31(23-44)34(46)42-27-13-9-25-11-15-32-37(3,29(25)21-27)17-7-19-39(32,5)35(47)43-36(48)40(6)20-8-18-38(4)30-22-28(45)14-10-26(30)12-16-33(38)40/h9-10,13-14,21-22,24,31-33,41,44-45H,7-8,11-12,15-20,23H2,1-6H3,(H,42,46)(H,43,47,48)/t31-,32+,33+,37+,38+,39-,40-/m0/s1. The fraction of sp³-hybridized carbons (Fsp3) is 0.625. The van der Waals surface area contributed by atoms with Crippen LogP contribution in [0.25, 0.3) is 0 Å². The fourth-order valence-corrected chi connectivity index (χ4v) is 10.8. The van der Waals surface area contributed by atoms with Gasteiger partial charge in [0.1, 0.15) is 11.8 Å². The summed E-state index contributed by atoms with van der Waals surface area (Å²) in [5, 5.41) is 29.3. The number of imide groups is 1. The van der Waals surface area contributed by atoms with Crippen molar-refractivity contribution in [2.24, 2.45) is 22.7 Å². The molecule has 7 atom stereocenters. The predicted octanol–water partition coefficient (Wildman–Crippen LogP) is 6.05. The lowest BCUT2D eigenvalue weighted by Crippen LogP contribution is -2.60. The van der Waals surface area contributed by atoms with Gasteiger partial charge < -0.3 is 20.8 Å². The number of benzene rings is 2. The van der Waals surface area contributed by atoms with Crippen LogP contribution in [0.1, 0.15) is 115 Å². The molecule has 0 aromatic heterocycles. The molecule has 2 aromatic rings. The molecule has 0 spiro atoms. The van der Waals surface area contributed by atoms with Gasteiger partial charge in [0.25, 0.3) is 0 Å². The summed E-state index contributed by atoms with van der Waals surface area (Å²) in [6.45, 7) is 12.2. The smallest absolute Gasteiger partial charge is 0.243 e. The number of aromatic hydroxyl groups is 1. The average molecular weight is 658 g/mol. The van der Waals surface area contributed by atoms with Gasteiger partial charge in [0.15, 0.2) is 0 Å². The van der Waals surface area contributed by atoms with Gasteiger partial charge in [-0.1, -0.05) is 66.5 Å². The molecule has 48 heavy (non-hydrogen) atoms. The van der Waals surface area contributed by atoms with Gasteiger partial charge in [-0.2, -0.15) is 0 Å². The fourth-order valence-electron chi connectivity index (χ4n) is 10.8. The maximum absolute atomic E-state index is 14.5. The molecular formula is C40H55N3O5. The molecule has 3 amide bonds. The summed E-state index contributed by atoms with van der Waals surface area (Å²) in [5.74, 6) is -0.231. The normalized spacial score (nSPS) is 33.0. The molecule has 0 saturated heterocycles. The van der Waals surface area contributed by atoms with Crippen LogP contribution in [0.3, 0.4) is 0 Å². The molecule has 4 aliphatic carbocycles. The third-order valence-corrected chi connectivity index (χ3v) is 13.3. The van der Waals surface area contributed by atoms with Gasteiger partial charge in [0.05, 0.1) is 17.4 Å². The minimum atomic E-state index is -0.720. The van der Waals surface area contributed by atoms with Gasteiger partial charge in [0, 0.05) is 11.7 Å². The summed E-state index contributed by atoms with van der Waals surface area (Å²) in [7, 11) is 0. The van der Waals surface area contributed by atoms with E-state index >= 15 is 0 Å². The number of fused-ring (bicyclic) bond motifs is 6. The zero-order chi connectivity index (χ0) is 34.6. The first-order valence-corrected chi connectivity index (χ1v) is 18.1. The van der Waals surface area contributed by atoms with Gasteiger partial charge in [-0.15, -0.1) is 0 Å². The lowest BCUT2D eigenvalue weighted by molar-refractivity contribution is -0.150. The third kappa shape index (κ3) is 5.67. The second-order valence-corrected chi connectivity index (χ2v) is 16.6. The van der Waals surface area contributed by atoms with Crippen LogP contribution in [0.4, 0.5) is 5.69 Å². The van der Waals surface area contributed by atoms with E-state index in [9.17, 15) is 24.6 Å². The topological polar surface area (TPSA) is 128 Å². The summed E-state index contributed by atoms with van der Waals surface area (Å²) < 4.78 is 0. The van der Waals surface area contributed by atoms with Gasteiger partial charge in [0.2, 0.25) is 17.7 Å². The Morgan fingerprint density at radius 2 is 1.31 bits per heavy atom. The van der Waals surface area contributed by atoms with Gasteiger partial charge >= 0.3 is 0 Å². The van der Waals surface area contributed by atoms with Crippen molar-refractivity contribution in [3.8, 4) is 5.75 Å². The highest BCUT2D eigenvalue weighted by molar-refractivity contribution is 6.01. The van der Waals surface area contributed by atoms with Crippen LogP contribution < -0.4 is 16.0 Å². The molecule has 2 saturated carbocycles. The summed E-state index contributed by atoms with van der Waals surface area (Å²) in [5.41, 5.74) is 3.55. The van der Waals surface area contributed by atoms with Crippen molar-refractivity contribution in [1.82, 2.24) is 10.6 Å². The van der Waals surface area contributed by atoms with E-state index in [1.165, 1.54) is 11.1 Å². The summed E-state index contributed by atoms with van der Waals surface area (Å²) in [6.07, 6.45) is 8.54. The number of phenolic OH excluding ortho intramolecular Hbond substituents is 1. The number of aliphatic hydroxyl groups excluding tert-OH is 1. The van der Waals surface area contributed by atoms with Crippen molar-refractivity contribution < 1.29 is 24.6 Å². The van der Waals surface area contributed by atoms with Crippen molar-refractivity contribution in [2.45, 2.75) is 129 Å². The molecule has 2 fully saturated rings. The Morgan fingerprint density at radius 3 is 1.83 bits per heavy atom. The van der Waals surface area contributed by atoms with Crippen LogP contribution >= 0.6 is 0 Å². The van der Waals surface area contributed by atoms with Crippen molar-refractivity contribution in [1.29, 1.82) is 0 Å². The van der Waals surface area contributed by atoms with Crippen molar-refractivity contribution in [2.75, 3.05) is 11.9 Å². The molecule has 260 valence electrons. The number of hydrogen-bond donors (Lipinski definition) is 5. The van der Waals surface area contributed by atoms with Crippen molar-refractivity contribution >= 4 is 23.4 Å². The van der Waals surface area contributed by atoms with E-state index in [4.69, 9.17) is 0 Å². The molecule has 8 nitrogen and oxygen atoms in total. The number of carbonyl (C=O) groups is 3. The number of hydrogen-bond acceptors (Lipinski definition) is 6. The van der Waals surface area contributed by atoms with E-state index < -0.39 is 16.9 Å². The van der Waals surface area contributed by atoms with E-state index in [1.54, 1.807) is 6.07 Å². The van der Waals surface area contributed by atoms with Gasteiger partial charge in [-0.3, -0.25) is 19.7 Å². The third-order valence-electron chi connectivity index (χ3n) is 13.3. The maximum Gasteiger partial charge on any atom is 0.243 e. The molecule has 8 heteroatoms. The Labute approximate surface area is 285 Å². The number of carbonyl (C=O) groups excluding carboxylic acids is 3. The van der Waals surface area contributed by atoms with E-state index in [1.807, 2.05) is 32.0 Å². The molecule has 0 heterocycles. The van der Waals surface area contributed by atoms with Crippen molar-refractivity contribution in [3.63, 3.8) is 0 Å². The number of anilines is 1. The zero-order valence-electron chi connectivity index (χ0n) is 29.7. The summed E-state index contributed by atoms with van der Waals surface area (Å²) in [4.78, 5) is 41.9. The van der Waals surface area contributed by atoms with Crippen molar-refractivity contribution in [3.05, 3.63) is 58.7 Å². The Kier molecular flexibility index (Phi) is 9.08. The lowest BCUT2D eigenvalue weighted by atomic mass is 9.49. The zero-order valence-corrected chi connectivity index (χ0v) is 29.7. The molecule has 0 unspecified atom stereocenters. The number of amides is 3. The maximum atomic E-state index is 14.5. The monoisotopic (exact) mass is 657 g/mol. The molecular weight excluding hydrogens is 602 g/mol. The van der Waals surface area contributed by atoms with Gasteiger partial charge in [-0.25, -0.2) is 0 Å². The van der Waals surface area contributed by atoms with Crippen LogP contribution in [0.15, 0.2) is 36.4 Å². The number of aryl methyl sites for hydroxylation is 2. The van der Waals surface area contributed by atoms with Crippen LogP contribution in [-0.4, -0.2) is 46.6 Å². The molecule has 0 bridgehead atoms. The highest BCUT2D eigenvalue weighted by Gasteiger charge is 2.58. The van der Waals surface area contributed by atoms with Crippen LogP contribution in [0.2, 0.25) is 0 Å².